The molecule has 218 valence electrons. The Bertz CT molecular complexity index is 1660. The van der Waals surface area contributed by atoms with E-state index in [-0.39, 0.29) is 29.4 Å². The smallest absolute Gasteiger partial charge is 0.455 e. The Kier molecular flexibility index (Phi) is 7.68. The van der Waals surface area contributed by atoms with Crippen LogP contribution in [-0.2, 0) is 14.2 Å². The Morgan fingerprint density at radius 3 is 2.65 bits per heavy atom. The highest BCUT2D eigenvalue weighted by molar-refractivity contribution is 6.43. The number of phenolic OH excluding ortho intramolecular Hbond substituents is 1. The molecule has 0 unspecified atom stereocenters. The van der Waals surface area contributed by atoms with Gasteiger partial charge in [0.25, 0.3) is 5.69 Å². The number of anilines is 1. The van der Waals surface area contributed by atoms with Crippen molar-refractivity contribution in [1.82, 2.24) is 4.98 Å². The number of imide groups is 1. The van der Waals surface area contributed by atoms with E-state index in [0.29, 0.717) is 24.8 Å². The van der Waals surface area contributed by atoms with Crippen molar-refractivity contribution in [3.8, 4) is 5.75 Å². The molecule has 2 N–H and O–H groups in total. The van der Waals surface area contributed by atoms with Crippen molar-refractivity contribution < 1.29 is 29.3 Å². The number of rotatable bonds is 7. The first-order valence-corrected chi connectivity index (χ1v) is 14.3. The molecular weight excluding hydrogens is 549 g/mol. The highest BCUT2D eigenvalue weighted by atomic mass is 16.6. The van der Waals surface area contributed by atoms with E-state index in [1.165, 1.54) is 24.3 Å². The Morgan fingerprint density at radius 1 is 1.12 bits per heavy atom. The second kappa shape index (κ2) is 11.6. The Hall–Kier alpha value is -4.61. The van der Waals surface area contributed by atoms with Crippen LogP contribution in [0.15, 0.2) is 84.1 Å². The van der Waals surface area contributed by atoms with E-state index in [1.807, 2.05) is 43.3 Å². The summed E-state index contributed by atoms with van der Waals surface area (Å²) in [5.41, 5.74) is 4.13. The van der Waals surface area contributed by atoms with Crippen molar-refractivity contribution in [2.24, 2.45) is 17.8 Å². The monoisotopic (exact) mass is 579 g/mol. The number of allylic oxidation sites excluding steroid dienone is 2. The van der Waals surface area contributed by atoms with E-state index in [4.69, 9.17) is 4.65 Å². The maximum Gasteiger partial charge on any atom is 0.455 e. The predicted molar refractivity (Wildman–Crippen MR) is 160 cm³/mol. The molecule has 0 spiro atoms. The van der Waals surface area contributed by atoms with Crippen LogP contribution in [0.2, 0.25) is 6.32 Å². The van der Waals surface area contributed by atoms with Gasteiger partial charge in [0.15, 0.2) is 0 Å². The third kappa shape index (κ3) is 5.37. The van der Waals surface area contributed by atoms with Crippen LogP contribution in [0.3, 0.4) is 0 Å². The topological polar surface area (TPSA) is 143 Å². The number of nitrogens with zero attached hydrogens (tertiary/aromatic N) is 3. The van der Waals surface area contributed by atoms with E-state index in [2.05, 4.69) is 4.98 Å². The predicted octanol–water partition coefficient (Wildman–Crippen LogP) is 5.04. The van der Waals surface area contributed by atoms with Gasteiger partial charge in [-0.2, -0.15) is 0 Å². The number of aromatic hydroxyl groups is 1. The fourth-order valence-corrected chi connectivity index (χ4v) is 6.83. The molecule has 1 aliphatic carbocycles. The maximum absolute atomic E-state index is 13.8. The first-order valence-electron chi connectivity index (χ1n) is 14.3. The lowest BCUT2D eigenvalue weighted by Crippen LogP contribution is -2.46. The lowest BCUT2D eigenvalue weighted by Gasteiger charge is -2.42. The average molecular weight is 579 g/mol. The van der Waals surface area contributed by atoms with Crippen LogP contribution < -0.4 is 4.90 Å². The minimum Gasteiger partial charge on any atom is -0.507 e. The second-order valence-electron chi connectivity index (χ2n) is 11.3. The minimum atomic E-state index is -1.12. The zero-order valence-corrected chi connectivity index (χ0v) is 23.5. The number of phenols is 1. The van der Waals surface area contributed by atoms with E-state index < -0.39 is 41.8 Å². The molecule has 43 heavy (non-hydrogen) atoms. The number of nitro groups is 1. The molecule has 3 aliphatic rings. The number of fused-ring (bicyclic) bond motifs is 3. The molecule has 2 aromatic carbocycles. The molecule has 2 fully saturated rings. The number of hydrogen-bond donors (Lipinski definition) is 2. The van der Waals surface area contributed by atoms with Crippen molar-refractivity contribution in [2.75, 3.05) is 4.90 Å². The number of aromatic nitrogens is 1. The minimum absolute atomic E-state index is 0.148. The third-order valence-electron chi connectivity index (χ3n) is 8.69. The van der Waals surface area contributed by atoms with E-state index in [0.717, 1.165) is 27.3 Å². The first kappa shape index (κ1) is 28.5. The molecule has 10 nitrogen and oxygen atoms in total. The Labute approximate surface area is 248 Å². The summed E-state index contributed by atoms with van der Waals surface area (Å²) in [7, 11) is -1.12. The number of hydrogen-bond acceptors (Lipinski definition) is 8. The zero-order valence-electron chi connectivity index (χ0n) is 23.5. The fourth-order valence-electron chi connectivity index (χ4n) is 6.83. The van der Waals surface area contributed by atoms with Crippen LogP contribution in [-0.4, -0.2) is 45.1 Å². The molecule has 0 bridgehead atoms. The van der Waals surface area contributed by atoms with Crippen molar-refractivity contribution in [3.63, 3.8) is 0 Å². The third-order valence-corrected chi connectivity index (χ3v) is 8.69. The van der Waals surface area contributed by atoms with E-state index in [9.17, 15) is 29.8 Å². The van der Waals surface area contributed by atoms with Crippen LogP contribution >= 0.6 is 0 Å². The number of non-ortho nitro benzene ring substituents is 1. The summed E-state index contributed by atoms with van der Waals surface area (Å²) in [6.07, 6.45) is 4.62. The number of pyridine rings is 1. The number of carbonyl (C=O) groups is 2. The summed E-state index contributed by atoms with van der Waals surface area (Å²) in [5.74, 6) is -2.36. The molecule has 3 aromatic rings. The summed E-state index contributed by atoms with van der Waals surface area (Å²) in [6, 6.07) is 18.2. The highest BCUT2D eigenvalue weighted by Gasteiger charge is 2.57. The molecule has 2 amide bonds. The highest BCUT2D eigenvalue weighted by Crippen LogP contribution is 2.51. The zero-order chi connectivity index (χ0) is 30.2. The van der Waals surface area contributed by atoms with Crippen LogP contribution in [0.5, 0.6) is 5.75 Å². The molecule has 11 heteroatoms. The van der Waals surface area contributed by atoms with Crippen molar-refractivity contribution >= 4 is 42.0 Å². The molecular formula is C32H30BN3O7. The summed E-state index contributed by atoms with van der Waals surface area (Å²) >= 11 is 0. The van der Waals surface area contributed by atoms with Crippen LogP contribution in [0.25, 0.3) is 11.6 Å². The second-order valence-corrected chi connectivity index (χ2v) is 11.3. The van der Waals surface area contributed by atoms with Gasteiger partial charge in [-0.3, -0.25) is 24.7 Å². The summed E-state index contributed by atoms with van der Waals surface area (Å²) in [6.45, 7) is 1.94. The van der Waals surface area contributed by atoms with E-state index in [1.54, 1.807) is 18.3 Å². The summed E-state index contributed by atoms with van der Waals surface area (Å²) in [5, 5.41) is 32.6. The van der Waals surface area contributed by atoms with Gasteiger partial charge < -0.3 is 14.8 Å². The molecule has 4 atom stereocenters. The molecule has 2 saturated heterocycles. The first-order chi connectivity index (χ1) is 20.7. The summed E-state index contributed by atoms with van der Waals surface area (Å²) in [4.78, 5) is 43.8. The number of amides is 2. The molecule has 1 aromatic heterocycles. The number of para-hydroxylation sites is 1. The Morgan fingerprint density at radius 2 is 1.91 bits per heavy atom. The van der Waals surface area contributed by atoms with Crippen molar-refractivity contribution in [1.29, 1.82) is 0 Å². The number of benzene rings is 2. The van der Waals surface area contributed by atoms with Crippen LogP contribution in [0.1, 0.15) is 37.4 Å². The maximum atomic E-state index is 13.8. The lowest BCUT2D eigenvalue weighted by atomic mass is 9.58. The number of carbonyl (C=O) groups excluding carboxylic acids is 2. The van der Waals surface area contributed by atoms with Gasteiger partial charge >= 0.3 is 7.12 Å². The normalized spacial score (nSPS) is 23.8. The standard InChI is InChI=1S/C32H30BN3O7/c1-19-15-24-30(32(39)35(31(24)38)22-8-6-9-23(17-22)36(41)42)25-18-33(40)43-28(29(19)25)13-12-20(26-10-4-5-14-34-26)16-21-7-2-3-11-27(21)37/h2-11,14,16-17,24-25,28,30,37,40H,12-13,15,18H2,1H3/b20-16-/t24-,25+,28-,30-/m1/s1. The molecule has 0 radical (unpaired) electrons. The molecule has 3 heterocycles. The van der Waals surface area contributed by atoms with Crippen molar-refractivity contribution in [3.05, 3.63) is 105 Å². The van der Waals surface area contributed by atoms with Gasteiger partial charge in [0.05, 0.1) is 34.2 Å². The summed E-state index contributed by atoms with van der Waals surface area (Å²) < 4.78 is 6.07. The van der Waals surface area contributed by atoms with Gasteiger partial charge in [-0.05, 0) is 79.9 Å². The van der Waals surface area contributed by atoms with Gasteiger partial charge in [0.1, 0.15) is 5.75 Å². The van der Waals surface area contributed by atoms with Crippen molar-refractivity contribution in [2.45, 2.75) is 38.6 Å². The molecule has 6 rings (SSSR count). The Balaban J connectivity index is 1.29. The van der Waals surface area contributed by atoms with Gasteiger partial charge in [-0.25, -0.2) is 4.90 Å². The van der Waals surface area contributed by atoms with Crippen LogP contribution in [0.4, 0.5) is 11.4 Å². The van der Waals surface area contributed by atoms with Gasteiger partial charge in [-0.1, -0.05) is 35.9 Å². The molecule has 0 saturated carbocycles. The fraction of sp³-hybridized carbons (Fsp3) is 0.281. The van der Waals surface area contributed by atoms with Gasteiger partial charge in [0, 0.05) is 23.9 Å². The largest absolute Gasteiger partial charge is 0.507 e. The van der Waals surface area contributed by atoms with Gasteiger partial charge in [0.2, 0.25) is 11.8 Å². The van der Waals surface area contributed by atoms with Crippen LogP contribution in [0, 0.1) is 27.9 Å². The lowest BCUT2D eigenvalue weighted by molar-refractivity contribution is -0.384. The number of nitro benzene ring substituents is 1. The average Bonchev–Trinajstić information content (AvgIpc) is 3.25. The van der Waals surface area contributed by atoms with Gasteiger partial charge in [-0.15, -0.1) is 0 Å². The van der Waals surface area contributed by atoms with E-state index >= 15 is 0 Å². The quantitative estimate of drug-likeness (QED) is 0.130. The SMILES string of the molecule is CC1=C2[C@@H](CC/C(=C/c3ccccc3O)c3ccccn3)OB(O)C[C@@H]2[C@@H]2C(=O)N(c3cccc([N+](=O)[O-])c3)C(=O)[C@@H]2C1. The molecule has 2 aliphatic heterocycles.